The zero-order chi connectivity index (χ0) is 16.9. The Balaban J connectivity index is 1.53. The van der Waals surface area contributed by atoms with Crippen LogP contribution in [0.2, 0.25) is 5.02 Å². The van der Waals surface area contributed by atoms with E-state index in [9.17, 15) is 4.79 Å². The average Bonchev–Trinajstić information content (AvgIpc) is 3.00. The largest absolute Gasteiger partial charge is 0.338 e. The van der Waals surface area contributed by atoms with Crippen LogP contribution in [0.25, 0.3) is 10.1 Å². The van der Waals surface area contributed by atoms with Crippen LogP contribution in [0.5, 0.6) is 0 Å². The molecule has 0 spiro atoms. The lowest BCUT2D eigenvalue weighted by atomic mass is 10.1. The fraction of sp³-hybridized carbons (Fsp3) is 0.211. The van der Waals surface area contributed by atoms with Crippen LogP contribution >= 0.6 is 22.9 Å². The molecule has 0 aliphatic carbocycles. The van der Waals surface area contributed by atoms with Crippen molar-refractivity contribution in [2.45, 2.75) is 13.0 Å². The minimum atomic E-state index is -0.0885. The van der Waals surface area contributed by atoms with Crippen molar-refractivity contribution >= 4 is 39.1 Å². The molecule has 2 aromatic carbocycles. The van der Waals surface area contributed by atoms with Gasteiger partial charge >= 0.3 is 6.03 Å². The third kappa shape index (κ3) is 3.89. The van der Waals surface area contributed by atoms with Crippen LogP contribution in [0, 0.1) is 0 Å². The lowest BCUT2D eigenvalue weighted by Crippen LogP contribution is -2.37. The predicted molar refractivity (Wildman–Crippen MR) is 102 cm³/mol. The molecule has 24 heavy (non-hydrogen) atoms. The fourth-order valence-electron chi connectivity index (χ4n) is 2.62. The van der Waals surface area contributed by atoms with E-state index in [1.165, 1.54) is 15.6 Å². The lowest BCUT2D eigenvalue weighted by molar-refractivity contribution is 0.207. The second-order valence-electron chi connectivity index (χ2n) is 5.69. The third-order valence-corrected chi connectivity index (χ3v) is 5.32. The summed E-state index contributed by atoms with van der Waals surface area (Å²) in [6.45, 7) is 1.11. The summed E-state index contributed by atoms with van der Waals surface area (Å²) < 4.78 is 1.29. The molecule has 0 atom stereocenters. The molecule has 3 nitrogen and oxygen atoms in total. The topological polar surface area (TPSA) is 32.3 Å². The Morgan fingerprint density at radius 2 is 1.88 bits per heavy atom. The molecule has 3 aromatic rings. The van der Waals surface area contributed by atoms with Crippen LogP contribution in [0.1, 0.15) is 11.1 Å². The van der Waals surface area contributed by atoms with Crippen LogP contribution in [0.15, 0.2) is 53.9 Å². The Morgan fingerprint density at radius 3 is 2.71 bits per heavy atom. The van der Waals surface area contributed by atoms with Gasteiger partial charge in [0.25, 0.3) is 0 Å². The highest BCUT2D eigenvalue weighted by Gasteiger charge is 2.11. The number of benzene rings is 2. The zero-order valence-electron chi connectivity index (χ0n) is 13.5. The van der Waals surface area contributed by atoms with Gasteiger partial charge in [0.05, 0.1) is 0 Å². The summed E-state index contributed by atoms with van der Waals surface area (Å²) in [6, 6.07) is 15.9. The van der Waals surface area contributed by atoms with Gasteiger partial charge < -0.3 is 10.2 Å². The highest BCUT2D eigenvalue weighted by atomic mass is 35.5. The number of thiophene rings is 1. The molecule has 5 heteroatoms. The Bertz CT molecular complexity index is 846. The maximum absolute atomic E-state index is 12.2. The van der Waals surface area contributed by atoms with E-state index in [4.69, 9.17) is 11.6 Å². The Hall–Kier alpha value is -2.04. The van der Waals surface area contributed by atoms with Gasteiger partial charge in [-0.3, -0.25) is 0 Å². The second-order valence-corrected chi connectivity index (χ2v) is 7.00. The van der Waals surface area contributed by atoms with E-state index in [1.807, 2.05) is 30.3 Å². The molecular weight excluding hydrogens is 340 g/mol. The van der Waals surface area contributed by atoms with Crippen LogP contribution in [-0.2, 0) is 13.0 Å². The van der Waals surface area contributed by atoms with Gasteiger partial charge in [0.2, 0.25) is 0 Å². The van der Waals surface area contributed by atoms with E-state index in [0.29, 0.717) is 18.1 Å². The van der Waals surface area contributed by atoms with Crippen molar-refractivity contribution in [3.8, 4) is 0 Å². The molecule has 1 N–H and O–H groups in total. The predicted octanol–water partition coefficient (Wildman–Crippen LogP) is 4.94. The van der Waals surface area contributed by atoms with Crippen molar-refractivity contribution in [3.05, 3.63) is 70.1 Å². The molecule has 0 bridgehead atoms. The summed E-state index contributed by atoms with van der Waals surface area (Å²) >= 11 is 7.89. The molecule has 0 fully saturated rings. The van der Waals surface area contributed by atoms with Crippen LogP contribution in [-0.4, -0.2) is 24.5 Å². The molecule has 1 heterocycles. The standard InChI is InChI=1S/C19H19ClN2OS/c1-22(12-14-6-2-4-8-17(14)20)19(23)21-11-10-15-13-24-18-9-5-3-7-16(15)18/h2-9,13H,10-12H2,1H3,(H,21,23). The SMILES string of the molecule is CN(Cc1ccccc1Cl)C(=O)NCCc1csc2ccccc12. The molecule has 0 unspecified atom stereocenters. The van der Waals surface area contributed by atoms with Gasteiger partial charge in [0.1, 0.15) is 0 Å². The number of hydrogen-bond donors (Lipinski definition) is 1. The number of fused-ring (bicyclic) bond motifs is 1. The van der Waals surface area contributed by atoms with Gasteiger partial charge in [-0.05, 0) is 40.4 Å². The van der Waals surface area contributed by atoms with Crippen molar-refractivity contribution in [1.82, 2.24) is 10.2 Å². The van der Waals surface area contributed by atoms with Crippen molar-refractivity contribution in [1.29, 1.82) is 0 Å². The third-order valence-electron chi connectivity index (χ3n) is 3.94. The molecule has 1 aromatic heterocycles. The molecule has 0 saturated heterocycles. The highest BCUT2D eigenvalue weighted by molar-refractivity contribution is 7.17. The number of carbonyl (C=O) groups is 1. The van der Waals surface area contributed by atoms with Gasteiger partial charge in [-0.15, -0.1) is 11.3 Å². The van der Waals surface area contributed by atoms with Crippen molar-refractivity contribution in [2.75, 3.05) is 13.6 Å². The van der Waals surface area contributed by atoms with Crippen LogP contribution in [0.3, 0.4) is 0 Å². The molecule has 3 rings (SSSR count). The monoisotopic (exact) mass is 358 g/mol. The number of halogens is 1. The number of nitrogens with one attached hydrogen (secondary N) is 1. The average molecular weight is 359 g/mol. The number of carbonyl (C=O) groups excluding carboxylic acids is 1. The molecule has 0 aliphatic heterocycles. The van der Waals surface area contributed by atoms with E-state index in [1.54, 1.807) is 23.3 Å². The van der Waals surface area contributed by atoms with Crippen molar-refractivity contribution in [2.24, 2.45) is 0 Å². The van der Waals surface area contributed by atoms with Gasteiger partial charge in [0.15, 0.2) is 0 Å². The molecule has 0 radical (unpaired) electrons. The lowest BCUT2D eigenvalue weighted by Gasteiger charge is -2.18. The quantitative estimate of drug-likeness (QED) is 0.688. The summed E-state index contributed by atoms with van der Waals surface area (Å²) in [6.07, 6.45) is 0.829. The van der Waals surface area contributed by atoms with Crippen molar-refractivity contribution < 1.29 is 4.79 Å². The zero-order valence-corrected chi connectivity index (χ0v) is 15.0. The number of hydrogen-bond acceptors (Lipinski definition) is 2. The maximum Gasteiger partial charge on any atom is 0.317 e. The van der Waals surface area contributed by atoms with Gasteiger partial charge in [-0.25, -0.2) is 4.79 Å². The Kier molecular flexibility index (Phi) is 5.38. The summed E-state index contributed by atoms with van der Waals surface area (Å²) in [7, 11) is 1.78. The van der Waals surface area contributed by atoms with Crippen molar-refractivity contribution in [3.63, 3.8) is 0 Å². The van der Waals surface area contributed by atoms with Gasteiger partial charge in [-0.2, -0.15) is 0 Å². The number of amides is 2. The molecule has 2 amide bonds. The molecular formula is C19H19ClN2OS. The van der Waals surface area contributed by atoms with Gasteiger partial charge in [-0.1, -0.05) is 48.0 Å². The minimum Gasteiger partial charge on any atom is -0.338 e. The Morgan fingerprint density at radius 1 is 1.12 bits per heavy atom. The minimum absolute atomic E-state index is 0.0885. The first kappa shape index (κ1) is 16.8. The summed E-state index contributed by atoms with van der Waals surface area (Å²) in [5.41, 5.74) is 2.23. The normalized spacial score (nSPS) is 10.8. The first-order chi connectivity index (χ1) is 11.6. The fourth-order valence-corrected chi connectivity index (χ4v) is 3.81. The highest BCUT2D eigenvalue weighted by Crippen LogP contribution is 2.25. The van der Waals surface area contributed by atoms with Crippen LogP contribution < -0.4 is 5.32 Å². The van der Waals surface area contributed by atoms with Crippen LogP contribution in [0.4, 0.5) is 4.79 Å². The van der Waals surface area contributed by atoms with E-state index in [2.05, 4.69) is 28.9 Å². The maximum atomic E-state index is 12.2. The first-order valence-corrected chi connectivity index (χ1v) is 9.08. The first-order valence-electron chi connectivity index (χ1n) is 7.82. The number of urea groups is 1. The summed E-state index contributed by atoms with van der Waals surface area (Å²) in [5, 5.41) is 7.11. The number of nitrogens with zero attached hydrogens (tertiary/aromatic N) is 1. The molecule has 0 saturated carbocycles. The molecule has 0 aliphatic rings. The van der Waals surface area contributed by atoms with Gasteiger partial charge in [0, 0.05) is 29.9 Å². The summed E-state index contributed by atoms with van der Waals surface area (Å²) in [4.78, 5) is 13.9. The molecule has 124 valence electrons. The summed E-state index contributed by atoms with van der Waals surface area (Å²) in [5.74, 6) is 0. The second kappa shape index (κ2) is 7.69. The Labute approximate surface area is 150 Å². The van der Waals surface area contributed by atoms with E-state index < -0.39 is 0 Å². The van der Waals surface area contributed by atoms with E-state index >= 15 is 0 Å². The van der Waals surface area contributed by atoms with E-state index in [-0.39, 0.29) is 6.03 Å². The van der Waals surface area contributed by atoms with E-state index in [0.717, 1.165) is 12.0 Å². The smallest absolute Gasteiger partial charge is 0.317 e. The number of rotatable bonds is 5.